The summed E-state index contributed by atoms with van der Waals surface area (Å²) in [5.41, 5.74) is -0.635. The van der Waals surface area contributed by atoms with Crippen LogP contribution in [0, 0.1) is 0 Å². The molecule has 0 aliphatic carbocycles. The fourth-order valence-electron chi connectivity index (χ4n) is 2.29. The van der Waals surface area contributed by atoms with Crippen molar-refractivity contribution in [2.75, 3.05) is 26.2 Å². The van der Waals surface area contributed by atoms with Crippen molar-refractivity contribution in [3.63, 3.8) is 0 Å². The van der Waals surface area contributed by atoms with Crippen LogP contribution in [-0.4, -0.2) is 54.3 Å². The van der Waals surface area contributed by atoms with E-state index in [4.69, 9.17) is 4.74 Å². The van der Waals surface area contributed by atoms with Crippen LogP contribution in [0.15, 0.2) is 0 Å². The Morgan fingerprint density at radius 3 is 2.18 bits per heavy atom. The van der Waals surface area contributed by atoms with Gasteiger partial charge in [0.1, 0.15) is 11.6 Å². The highest BCUT2D eigenvalue weighted by Crippen LogP contribution is 2.39. The number of amides is 1. The highest BCUT2D eigenvalue weighted by atomic mass is 19.3. The summed E-state index contributed by atoms with van der Waals surface area (Å²) in [6.45, 7) is 5.61. The third kappa shape index (κ3) is 2.28. The van der Waals surface area contributed by atoms with E-state index in [1.165, 1.54) is 0 Å². The minimum atomic E-state index is -2.73. The predicted octanol–water partition coefficient (Wildman–Crippen LogP) is 1.36. The Morgan fingerprint density at radius 1 is 1.35 bits per heavy atom. The van der Waals surface area contributed by atoms with E-state index in [9.17, 15) is 13.6 Å². The molecule has 4 nitrogen and oxygen atoms in total. The van der Waals surface area contributed by atoms with Crippen LogP contribution in [0.5, 0.6) is 0 Å². The summed E-state index contributed by atoms with van der Waals surface area (Å²) in [4.78, 5) is 12.1. The van der Waals surface area contributed by atoms with Gasteiger partial charge in [0.05, 0.1) is 0 Å². The number of ether oxygens (including phenoxy) is 1. The van der Waals surface area contributed by atoms with E-state index in [0.29, 0.717) is 13.1 Å². The summed E-state index contributed by atoms with van der Waals surface area (Å²) in [7, 11) is 0. The molecule has 1 N–H and O–H groups in total. The van der Waals surface area contributed by atoms with Crippen LogP contribution >= 0.6 is 0 Å². The van der Waals surface area contributed by atoms with Crippen molar-refractivity contribution < 1.29 is 22.8 Å². The largest absolute Gasteiger partial charge is 0.517 e. The lowest BCUT2D eigenvalue weighted by Crippen LogP contribution is -2.81. The van der Waals surface area contributed by atoms with E-state index < -0.39 is 30.7 Å². The second kappa shape index (κ2) is 3.62. The first-order valence-corrected chi connectivity index (χ1v) is 5.84. The van der Waals surface area contributed by atoms with E-state index in [0.717, 1.165) is 0 Å². The van der Waals surface area contributed by atoms with Gasteiger partial charge in [0.25, 0.3) is 0 Å². The number of halogens is 2. The van der Waals surface area contributed by atoms with E-state index in [1.54, 1.807) is 20.8 Å². The average Bonchev–Trinajstić information content (AvgIpc) is 1.92. The van der Waals surface area contributed by atoms with Crippen molar-refractivity contribution in [1.29, 1.82) is 0 Å². The van der Waals surface area contributed by atoms with Gasteiger partial charge >= 0.3 is 12.0 Å². The molecular weight excluding hydrogens is 230 g/mol. The molecule has 0 bridgehead atoms. The molecule has 17 heavy (non-hydrogen) atoms. The lowest BCUT2D eigenvalue weighted by atomic mass is 9.97. The lowest BCUT2D eigenvalue weighted by Gasteiger charge is -2.53. The smallest absolute Gasteiger partial charge is 0.414 e. The second-order valence-electron chi connectivity index (χ2n) is 6.00. The summed E-state index contributed by atoms with van der Waals surface area (Å²) >= 11 is 0. The number of hydrogen-bond donors (Lipinski definition) is 1. The Bertz CT molecular complexity index is 327. The van der Waals surface area contributed by atoms with Crippen molar-refractivity contribution in [3.05, 3.63) is 0 Å². The fourth-order valence-corrected chi connectivity index (χ4v) is 2.29. The molecule has 2 aliphatic rings. The van der Waals surface area contributed by atoms with Gasteiger partial charge in [-0.05, 0) is 20.8 Å². The molecule has 0 radical (unpaired) electrons. The molecule has 2 heterocycles. The molecule has 0 saturated carbocycles. The van der Waals surface area contributed by atoms with Gasteiger partial charge in [-0.15, -0.1) is 0 Å². The topological polar surface area (TPSA) is 38.3 Å². The van der Waals surface area contributed by atoms with Gasteiger partial charge in [-0.1, -0.05) is 0 Å². The molecule has 0 aromatic carbocycles. The van der Waals surface area contributed by atoms with Crippen molar-refractivity contribution in [2.45, 2.75) is 38.3 Å². The van der Waals surface area contributed by atoms with Gasteiger partial charge in [0.2, 0.25) is 0 Å². The minimum Gasteiger partial charge on any atom is -0.414 e. The maximum absolute atomic E-state index is 13.1. The minimum absolute atomic E-state index is 0.0653. The number of nitrogens with zero attached hydrogens (tertiary/aromatic N) is 1. The zero-order valence-electron chi connectivity index (χ0n) is 10.4. The maximum Gasteiger partial charge on any atom is 0.517 e. The van der Waals surface area contributed by atoms with E-state index in [2.05, 4.69) is 5.32 Å². The molecule has 0 aromatic rings. The SMILES string of the molecule is CC(C)(C)OC(=O)[N+]1(C2CNC2)CC(F)(F)C1. The Balaban J connectivity index is 2.10. The van der Waals surface area contributed by atoms with Gasteiger partial charge in [0, 0.05) is 13.1 Å². The standard InChI is InChI=1S/C11H19F2N2O2/c1-10(2,3)17-9(16)15(8-4-14-5-8)6-11(12,13)7-15/h8,14H,4-7H2,1-3H3/q+1. The van der Waals surface area contributed by atoms with Crippen molar-refractivity contribution in [3.8, 4) is 0 Å². The molecule has 0 atom stereocenters. The second-order valence-corrected chi connectivity index (χ2v) is 6.00. The molecule has 0 spiro atoms. The average molecular weight is 249 g/mol. The van der Waals surface area contributed by atoms with Crippen LogP contribution in [0.1, 0.15) is 20.8 Å². The maximum atomic E-state index is 13.1. The molecule has 2 rings (SSSR count). The van der Waals surface area contributed by atoms with Gasteiger partial charge in [-0.3, -0.25) is 0 Å². The molecular formula is C11H19F2N2O2+. The number of rotatable bonds is 1. The first-order valence-electron chi connectivity index (χ1n) is 5.84. The highest BCUT2D eigenvalue weighted by molar-refractivity contribution is 5.61. The van der Waals surface area contributed by atoms with Crippen LogP contribution in [-0.2, 0) is 4.74 Å². The Morgan fingerprint density at radius 2 is 1.88 bits per heavy atom. The van der Waals surface area contributed by atoms with Crippen molar-refractivity contribution >= 4 is 6.09 Å². The summed E-state index contributed by atoms with van der Waals surface area (Å²) in [5.74, 6) is -2.73. The molecule has 1 amide bonds. The third-order valence-electron chi connectivity index (χ3n) is 3.24. The van der Waals surface area contributed by atoms with Gasteiger partial charge in [-0.25, -0.2) is 4.48 Å². The Kier molecular flexibility index (Phi) is 2.70. The normalized spacial score (nSPS) is 26.9. The molecule has 6 heteroatoms. The summed E-state index contributed by atoms with van der Waals surface area (Å²) in [5, 5.41) is 3.01. The number of carbonyl (C=O) groups is 1. The molecule has 98 valence electrons. The number of hydrogen-bond acceptors (Lipinski definition) is 3. The Hall–Kier alpha value is -0.750. The lowest BCUT2D eigenvalue weighted by molar-refractivity contribution is -0.946. The number of alkyl halides is 2. The van der Waals surface area contributed by atoms with Crippen LogP contribution in [0.3, 0.4) is 0 Å². The monoisotopic (exact) mass is 249 g/mol. The number of nitrogens with one attached hydrogen (secondary N) is 1. The summed E-state index contributed by atoms with van der Waals surface area (Å²) in [6.07, 6.45) is -0.519. The van der Waals surface area contributed by atoms with Crippen LogP contribution < -0.4 is 5.32 Å². The summed E-state index contributed by atoms with van der Waals surface area (Å²) < 4.78 is 31.2. The van der Waals surface area contributed by atoms with E-state index in [-0.39, 0.29) is 10.5 Å². The number of quaternary nitrogens is 1. The van der Waals surface area contributed by atoms with Crippen molar-refractivity contribution in [2.24, 2.45) is 0 Å². The summed E-state index contributed by atoms with van der Waals surface area (Å²) in [6, 6.07) is -0.0653. The Labute approximate surface area is 99.5 Å². The van der Waals surface area contributed by atoms with Crippen LogP contribution in [0.2, 0.25) is 0 Å². The van der Waals surface area contributed by atoms with E-state index in [1.807, 2.05) is 0 Å². The van der Waals surface area contributed by atoms with Gasteiger partial charge < -0.3 is 10.1 Å². The highest BCUT2D eigenvalue weighted by Gasteiger charge is 2.67. The molecule has 2 fully saturated rings. The number of carbonyl (C=O) groups excluding carboxylic acids is 1. The van der Waals surface area contributed by atoms with Gasteiger partial charge in [0.15, 0.2) is 13.1 Å². The van der Waals surface area contributed by atoms with Crippen LogP contribution in [0.25, 0.3) is 0 Å². The zero-order chi connectivity index (χ0) is 12.9. The van der Waals surface area contributed by atoms with Crippen LogP contribution in [0.4, 0.5) is 13.6 Å². The van der Waals surface area contributed by atoms with Gasteiger partial charge in [-0.2, -0.15) is 13.6 Å². The number of likely N-dealkylation sites (tertiary alicyclic amines) is 1. The zero-order valence-corrected chi connectivity index (χ0v) is 10.4. The first-order chi connectivity index (χ1) is 7.65. The molecule has 2 aliphatic heterocycles. The molecule has 2 saturated heterocycles. The first kappa shape index (κ1) is 12.7. The van der Waals surface area contributed by atoms with E-state index >= 15 is 0 Å². The molecule has 0 unspecified atom stereocenters. The third-order valence-corrected chi connectivity index (χ3v) is 3.24. The fraction of sp³-hybridized carbons (Fsp3) is 0.909. The van der Waals surface area contributed by atoms with Crippen molar-refractivity contribution in [1.82, 2.24) is 5.32 Å². The quantitative estimate of drug-likeness (QED) is 0.713. The molecule has 0 aromatic heterocycles. The predicted molar refractivity (Wildman–Crippen MR) is 57.8 cm³/mol.